The number of fused-ring (bicyclic) bond motifs is 3. The van der Waals surface area contributed by atoms with Crippen LogP contribution in [0, 0.1) is 5.41 Å². The minimum absolute atomic E-state index is 0.100. The highest BCUT2D eigenvalue weighted by Crippen LogP contribution is 2.41. The zero-order valence-electron chi connectivity index (χ0n) is 8.04. The van der Waals surface area contributed by atoms with Crippen molar-refractivity contribution in [2.75, 3.05) is 19.8 Å². The molecule has 3 heteroatoms. The summed E-state index contributed by atoms with van der Waals surface area (Å²) < 4.78 is 16.8. The van der Waals surface area contributed by atoms with Crippen molar-refractivity contribution >= 4 is 0 Å². The molecule has 3 nitrogen and oxygen atoms in total. The van der Waals surface area contributed by atoms with Crippen LogP contribution < -0.4 is 0 Å². The molecule has 0 saturated carbocycles. The summed E-state index contributed by atoms with van der Waals surface area (Å²) in [4.78, 5) is 0. The van der Waals surface area contributed by atoms with Crippen LogP contribution in [0.15, 0.2) is 12.7 Å². The molecule has 2 bridgehead atoms. The Morgan fingerprint density at radius 3 is 2.15 bits per heavy atom. The van der Waals surface area contributed by atoms with Crippen LogP contribution in [0.1, 0.15) is 19.8 Å². The lowest BCUT2D eigenvalue weighted by Crippen LogP contribution is -2.59. The largest absolute Gasteiger partial charge is 0.326 e. The van der Waals surface area contributed by atoms with Crippen LogP contribution >= 0.6 is 0 Å². The lowest BCUT2D eigenvalue weighted by atomic mass is 9.86. The molecule has 0 aliphatic carbocycles. The third-order valence-electron chi connectivity index (χ3n) is 2.94. The van der Waals surface area contributed by atoms with E-state index >= 15 is 0 Å². The minimum Gasteiger partial charge on any atom is -0.326 e. The molecular formula is C10H16O3. The first-order chi connectivity index (χ1) is 6.24. The van der Waals surface area contributed by atoms with E-state index in [2.05, 4.69) is 13.5 Å². The summed E-state index contributed by atoms with van der Waals surface area (Å²) in [5.74, 6) is -0.807. The lowest BCUT2D eigenvalue weighted by molar-refractivity contribution is -0.466. The Labute approximate surface area is 78.7 Å². The van der Waals surface area contributed by atoms with Crippen molar-refractivity contribution < 1.29 is 14.2 Å². The summed E-state index contributed by atoms with van der Waals surface area (Å²) in [5.41, 5.74) is 0.100. The van der Waals surface area contributed by atoms with Gasteiger partial charge in [0.2, 0.25) is 0 Å². The second-order valence-corrected chi connectivity index (χ2v) is 3.90. The van der Waals surface area contributed by atoms with Gasteiger partial charge in [-0.15, -0.1) is 6.58 Å². The lowest BCUT2D eigenvalue weighted by Gasteiger charge is -2.51. The van der Waals surface area contributed by atoms with Gasteiger partial charge >= 0.3 is 0 Å². The fourth-order valence-electron chi connectivity index (χ4n) is 1.70. The molecule has 0 amide bonds. The number of rotatable bonds is 3. The van der Waals surface area contributed by atoms with E-state index in [1.54, 1.807) is 6.08 Å². The number of hydrogen-bond acceptors (Lipinski definition) is 3. The summed E-state index contributed by atoms with van der Waals surface area (Å²) in [5, 5.41) is 0. The molecule has 3 aliphatic heterocycles. The first-order valence-corrected chi connectivity index (χ1v) is 4.77. The third kappa shape index (κ3) is 1.41. The van der Waals surface area contributed by atoms with Gasteiger partial charge in [0.15, 0.2) is 0 Å². The number of ether oxygens (including phenoxy) is 3. The smallest absolute Gasteiger partial charge is 0.286 e. The zero-order chi connectivity index (χ0) is 9.36. The van der Waals surface area contributed by atoms with Gasteiger partial charge in [0.05, 0.1) is 19.8 Å². The van der Waals surface area contributed by atoms with Gasteiger partial charge in [0, 0.05) is 11.8 Å². The molecule has 0 atom stereocenters. The van der Waals surface area contributed by atoms with Crippen molar-refractivity contribution in [3.05, 3.63) is 12.7 Å². The maximum Gasteiger partial charge on any atom is 0.286 e. The Bertz CT molecular complexity index is 188. The Balaban J connectivity index is 2.06. The van der Waals surface area contributed by atoms with Gasteiger partial charge in [-0.2, -0.15) is 0 Å². The normalized spacial score (nSPS) is 43.5. The van der Waals surface area contributed by atoms with Crippen molar-refractivity contribution in [3.8, 4) is 0 Å². The molecule has 0 radical (unpaired) electrons. The Morgan fingerprint density at radius 1 is 1.23 bits per heavy atom. The van der Waals surface area contributed by atoms with Crippen LogP contribution in [0.25, 0.3) is 0 Å². The topological polar surface area (TPSA) is 27.7 Å². The predicted molar refractivity (Wildman–Crippen MR) is 48.1 cm³/mol. The van der Waals surface area contributed by atoms with E-state index in [9.17, 15) is 0 Å². The second-order valence-electron chi connectivity index (χ2n) is 3.90. The monoisotopic (exact) mass is 184 g/mol. The average molecular weight is 184 g/mol. The van der Waals surface area contributed by atoms with Gasteiger partial charge in [0.25, 0.3) is 5.97 Å². The predicted octanol–water partition coefficient (Wildman–Crippen LogP) is 1.69. The highest BCUT2D eigenvalue weighted by Gasteiger charge is 2.50. The SMILES string of the molecule is C=CCC12OCC(CC)(CO1)CO2. The summed E-state index contributed by atoms with van der Waals surface area (Å²) in [6.45, 7) is 8.05. The summed E-state index contributed by atoms with van der Waals surface area (Å²) in [7, 11) is 0. The van der Waals surface area contributed by atoms with Gasteiger partial charge in [-0.05, 0) is 6.42 Å². The van der Waals surface area contributed by atoms with Gasteiger partial charge < -0.3 is 14.2 Å². The van der Waals surface area contributed by atoms with Crippen LogP contribution in [-0.4, -0.2) is 25.8 Å². The van der Waals surface area contributed by atoms with E-state index in [-0.39, 0.29) is 5.41 Å². The van der Waals surface area contributed by atoms with E-state index < -0.39 is 5.97 Å². The van der Waals surface area contributed by atoms with E-state index in [1.165, 1.54) is 0 Å². The standard InChI is InChI=1S/C10H16O3/c1-3-5-10-11-6-9(4-2,7-12-10)8-13-10/h3H,1,4-8H2,2H3. The Morgan fingerprint density at radius 2 is 1.77 bits per heavy atom. The van der Waals surface area contributed by atoms with Crippen molar-refractivity contribution in [2.45, 2.75) is 25.7 Å². The quantitative estimate of drug-likeness (QED) is 0.625. The molecule has 0 aromatic carbocycles. The molecule has 0 spiro atoms. The van der Waals surface area contributed by atoms with Crippen molar-refractivity contribution in [2.24, 2.45) is 5.41 Å². The molecule has 74 valence electrons. The molecule has 0 aromatic heterocycles. The summed E-state index contributed by atoms with van der Waals surface area (Å²) >= 11 is 0. The maximum atomic E-state index is 5.58. The molecule has 0 N–H and O–H groups in total. The van der Waals surface area contributed by atoms with Crippen molar-refractivity contribution in [3.63, 3.8) is 0 Å². The molecular weight excluding hydrogens is 168 g/mol. The van der Waals surface area contributed by atoms with Gasteiger partial charge in [0.1, 0.15) is 0 Å². The van der Waals surface area contributed by atoms with Gasteiger partial charge in [-0.1, -0.05) is 13.0 Å². The average Bonchev–Trinajstić information content (AvgIpc) is 2.21. The Kier molecular flexibility index (Phi) is 2.18. The third-order valence-corrected chi connectivity index (χ3v) is 2.94. The molecule has 3 aliphatic rings. The molecule has 13 heavy (non-hydrogen) atoms. The summed E-state index contributed by atoms with van der Waals surface area (Å²) in [6, 6.07) is 0. The van der Waals surface area contributed by atoms with Gasteiger partial charge in [-0.3, -0.25) is 0 Å². The fraction of sp³-hybridized carbons (Fsp3) is 0.800. The van der Waals surface area contributed by atoms with Crippen LogP contribution in [-0.2, 0) is 14.2 Å². The summed E-state index contributed by atoms with van der Waals surface area (Å²) in [6.07, 6.45) is 3.41. The fourth-order valence-corrected chi connectivity index (χ4v) is 1.70. The van der Waals surface area contributed by atoms with Crippen molar-refractivity contribution in [1.82, 2.24) is 0 Å². The molecule has 3 rings (SSSR count). The van der Waals surface area contributed by atoms with Gasteiger partial charge in [-0.25, -0.2) is 0 Å². The van der Waals surface area contributed by atoms with Crippen LogP contribution in [0.4, 0.5) is 0 Å². The Hall–Kier alpha value is -0.380. The maximum absolute atomic E-state index is 5.58. The first kappa shape index (κ1) is 9.19. The van der Waals surface area contributed by atoms with Crippen LogP contribution in [0.2, 0.25) is 0 Å². The van der Waals surface area contributed by atoms with E-state index in [0.29, 0.717) is 6.42 Å². The van der Waals surface area contributed by atoms with E-state index in [4.69, 9.17) is 14.2 Å². The van der Waals surface area contributed by atoms with Crippen LogP contribution in [0.5, 0.6) is 0 Å². The number of hydrogen-bond donors (Lipinski definition) is 0. The van der Waals surface area contributed by atoms with E-state index in [1.807, 2.05) is 0 Å². The van der Waals surface area contributed by atoms with Crippen molar-refractivity contribution in [1.29, 1.82) is 0 Å². The van der Waals surface area contributed by atoms with Crippen LogP contribution in [0.3, 0.4) is 0 Å². The van der Waals surface area contributed by atoms with E-state index in [0.717, 1.165) is 26.2 Å². The second kappa shape index (κ2) is 3.08. The minimum atomic E-state index is -0.807. The molecule has 0 unspecified atom stereocenters. The molecule has 0 aromatic rings. The molecule has 3 heterocycles. The highest BCUT2D eigenvalue weighted by atomic mass is 16.9. The molecule has 3 saturated heterocycles. The highest BCUT2D eigenvalue weighted by molar-refractivity contribution is 4.89. The zero-order valence-corrected chi connectivity index (χ0v) is 8.04. The molecule has 3 fully saturated rings. The first-order valence-electron chi connectivity index (χ1n) is 4.77.